The molecular weight excluding hydrogens is 232 g/mol. The minimum Gasteiger partial charge on any atom is -0.454 e. The topological polar surface area (TPSA) is 52.6 Å². The van der Waals surface area contributed by atoms with Crippen LogP contribution in [0.25, 0.3) is 0 Å². The van der Waals surface area contributed by atoms with Crippen LogP contribution in [0.4, 0.5) is 0 Å². The van der Waals surface area contributed by atoms with Crippen LogP contribution in [0.1, 0.15) is 31.7 Å². The highest BCUT2D eigenvalue weighted by Gasteiger charge is 2.30. The van der Waals surface area contributed by atoms with Crippen LogP contribution in [0.5, 0.6) is 5.75 Å². The van der Waals surface area contributed by atoms with E-state index >= 15 is 0 Å². The monoisotopic (exact) mass is 248 g/mol. The average Bonchev–Trinajstić information content (AvgIpc) is 2.37. The highest BCUT2D eigenvalue weighted by atomic mass is 16.7. The zero-order valence-electron chi connectivity index (χ0n) is 10.5. The largest absolute Gasteiger partial charge is 0.454 e. The lowest BCUT2D eigenvalue weighted by molar-refractivity contribution is -0.170. The van der Waals surface area contributed by atoms with Gasteiger partial charge in [-0.15, -0.1) is 0 Å². The quantitative estimate of drug-likeness (QED) is 0.608. The predicted molar refractivity (Wildman–Crippen MR) is 65.2 cm³/mol. The van der Waals surface area contributed by atoms with Crippen molar-refractivity contribution in [3.05, 3.63) is 29.8 Å². The molecule has 0 fully saturated rings. The van der Waals surface area contributed by atoms with Crippen molar-refractivity contribution in [1.29, 1.82) is 0 Å². The zero-order valence-corrected chi connectivity index (χ0v) is 10.5. The summed E-state index contributed by atoms with van der Waals surface area (Å²) in [5.74, 6) is -0.188. The Kier molecular flexibility index (Phi) is 3.65. The highest BCUT2D eigenvalue weighted by molar-refractivity contribution is 5.72. The van der Waals surface area contributed by atoms with Gasteiger partial charge in [0.1, 0.15) is 12.0 Å². The van der Waals surface area contributed by atoms with Gasteiger partial charge in [-0.2, -0.15) is 0 Å². The van der Waals surface area contributed by atoms with Gasteiger partial charge in [-0.05, 0) is 6.07 Å². The van der Waals surface area contributed by atoms with E-state index in [2.05, 4.69) is 0 Å². The summed E-state index contributed by atoms with van der Waals surface area (Å²) in [6.45, 7) is 3.52. The van der Waals surface area contributed by atoms with Crippen LogP contribution in [0, 0.1) is 5.92 Å². The molecule has 0 aliphatic carbocycles. The van der Waals surface area contributed by atoms with Gasteiger partial charge < -0.3 is 14.3 Å². The molecule has 0 amide bonds. The summed E-state index contributed by atoms with van der Waals surface area (Å²) in [6, 6.07) is 7.32. The second-order valence-electron chi connectivity index (χ2n) is 4.66. The molecule has 1 aromatic carbocycles. The van der Waals surface area contributed by atoms with Crippen molar-refractivity contribution in [3.8, 4) is 5.75 Å². The molecule has 2 atom stereocenters. The van der Waals surface area contributed by atoms with Gasteiger partial charge in [-0.3, -0.25) is 4.79 Å². The molecule has 0 aromatic heterocycles. The van der Waals surface area contributed by atoms with E-state index < -0.39 is 6.29 Å². The fourth-order valence-electron chi connectivity index (χ4n) is 1.88. The Bertz CT molecular complexity index is 453. The van der Waals surface area contributed by atoms with Crippen molar-refractivity contribution in [3.63, 3.8) is 0 Å². The number of ether oxygens (including phenoxy) is 2. The number of benzene rings is 1. The molecule has 2 unspecified atom stereocenters. The zero-order chi connectivity index (χ0) is 13.1. The molecule has 0 N–H and O–H groups in total. The van der Waals surface area contributed by atoms with E-state index in [4.69, 9.17) is 9.47 Å². The summed E-state index contributed by atoms with van der Waals surface area (Å²) in [6.07, 6.45) is 0.571. The van der Waals surface area contributed by atoms with Crippen LogP contribution in [0.3, 0.4) is 0 Å². The Hall–Kier alpha value is -1.84. The molecular formula is C14H16O4. The Morgan fingerprint density at radius 1 is 1.44 bits per heavy atom. The molecule has 0 bridgehead atoms. The molecule has 1 aliphatic heterocycles. The van der Waals surface area contributed by atoms with Gasteiger partial charge in [0.05, 0.1) is 11.8 Å². The van der Waals surface area contributed by atoms with E-state index in [1.54, 1.807) is 19.9 Å². The molecule has 0 spiro atoms. The van der Waals surface area contributed by atoms with Crippen LogP contribution in [0.2, 0.25) is 0 Å². The summed E-state index contributed by atoms with van der Waals surface area (Å²) in [4.78, 5) is 22.6. The van der Waals surface area contributed by atoms with Crippen LogP contribution in [-0.4, -0.2) is 18.5 Å². The lowest BCUT2D eigenvalue weighted by Gasteiger charge is -2.29. The Labute approximate surface area is 106 Å². The molecule has 1 aliphatic rings. The maximum absolute atomic E-state index is 11.5. The molecule has 0 saturated carbocycles. The smallest absolute Gasteiger partial charge is 0.311 e. The van der Waals surface area contributed by atoms with E-state index in [1.165, 1.54) is 0 Å². The first-order valence-electron chi connectivity index (χ1n) is 6.03. The minimum atomic E-state index is -0.676. The minimum absolute atomic E-state index is 0.208. The number of esters is 1. The van der Waals surface area contributed by atoms with Crippen LogP contribution in [-0.2, 0) is 14.3 Å². The van der Waals surface area contributed by atoms with Crippen molar-refractivity contribution < 1.29 is 19.1 Å². The van der Waals surface area contributed by atoms with Gasteiger partial charge in [0.2, 0.25) is 6.29 Å². The predicted octanol–water partition coefficient (Wildman–Crippen LogP) is 2.28. The summed E-state index contributed by atoms with van der Waals surface area (Å²) in [5.41, 5.74) is 0.851. The number of hydrogen-bond acceptors (Lipinski definition) is 4. The molecule has 0 saturated heterocycles. The Morgan fingerprint density at radius 2 is 2.17 bits per heavy atom. The number of para-hydroxylation sites is 1. The maximum Gasteiger partial charge on any atom is 0.311 e. The highest BCUT2D eigenvalue weighted by Crippen LogP contribution is 2.35. The summed E-state index contributed by atoms with van der Waals surface area (Å²) >= 11 is 0. The number of hydrogen-bond donors (Lipinski definition) is 0. The first-order chi connectivity index (χ1) is 8.61. The van der Waals surface area contributed by atoms with E-state index in [1.807, 2.05) is 18.2 Å². The standard InChI is InChI=1S/C14H16O4/c1-9(2)14(16)18-13-7-10(8-15)11-5-3-4-6-12(11)17-13/h3-6,8-10,13H,7H2,1-2H3. The lowest BCUT2D eigenvalue weighted by Crippen LogP contribution is -2.32. The van der Waals surface area contributed by atoms with Crippen molar-refractivity contribution >= 4 is 12.3 Å². The van der Waals surface area contributed by atoms with Crippen molar-refractivity contribution in [2.75, 3.05) is 0 Å². The second-order valence-corrected chi connectivity index (χ2v) is 4.66. The van der Waals surface area contributed by atoms with Gasteiger partial charge in [0.25, 0.3) is 0 Å². The van der Waals surface area contributed by atoms with Gasteiger partial charge in [0.15, 0.2) is 0 Å². The van der Waals surface area contributed by atoms with Gasteiger partial charge in [0, 0.05) is 12.0 Å². The average molecular weight is 248 g/mol. The van der Waals surface area contributed by atoms with E-state index in [0.29, 0.717) is 12.2 Å². The second kappa shape index (κ2) is 5.21. The third kappa shape index (κ3) is 2.53. The fraction of sp³-hybridized carbons (Fsp3) is 0.429. The van der Waals surface area contributed by atoms with Gasteiger partial charge >= 0.3 is 5.97 Å². The van der Waals surface area contributed by atoms with Crippen molar-refractivity contribution in [2.45, 2.75) is 32.5 Å². The first kappa shape index (κ1) is 12.6. The number of carbonyl (C=O) groups excluding carboxylic acids is 2. The molecule has 1 heterocycles. The summed E-state index contributed by atoms with van der Waals surface area (Å²) in [5, 5.41) is 0. The SMILES string of the molecule is CC(C)C(=O)OC1CC(C=O)c2ccccc2O1. The molecule has 1 aromatic rings. The third-order valence-electron chi connectivity index (χ3n) is 2.91. The number of fused-ring (bicyclic) bond motifs is 1. The molecule has 18 heavy (non-hydrogen) atoms. The van der Waals surface area contributed by atoms with Crippen LogP contribution < -0.4 is 4.74 Å². The van der Waals surface area contributed by atoms with Gasteiger partial charge in [-0.1, -0.05) is 32.0 Å². The molecule has 4 nitrogen and oxygen atoms in total. The number of carbonyl (C=O) groups is 2. The van der Waals surface area contributed by atoms with Crippen LogP contribution >= 0.6 is 0 Å². The van der Waals surface area contributed by atoms with Crippen molar-refractivity contribution in [1.82, 2.24) is 0 Å². The van der Waals surface area contributed by atoms with Gasteiger partial charge in [-0.25, -0.2) is 0 Å². The normalized spacial score (nSPS) is 21.9. The molecule has 96 valence electrons. The van der Waals surface area contributed by atoms with Crippen LogP contribution in [0.15, 0.2) is 24.3 Å². The fourth-order valence-corrected chi connectivity index (χ4v) is 1.88. The molecule has 2 rings (SSSR count). The van der Waals surface area contributed by atoms with E-state index in [0.717, 1.165) is 11.8 Å². The molecule has 4 heteroatoms. The first-order valence-corrected chi connectivity index (χ1v) is 6.03. The Balaban J connectivity index is 2.15. The summed E-state index contributed by atoms with van der Waals surface area (Å²) < 4.78 is 10.8. The van der Waals surface area contributed by atoms with E-state index in [-0.39, 0.29) is 17.8 Å². The molecule has 0 radical (unpaired) electrons. The maximum atomic E-state index is 11.5. The van der Waals surface area contributed by atoms with E-state index in [9.17, 15) is 9.59 Å². The Morgan fingerprint density at radius 3 is 2.83 bits per heavy atom. The third-order valence-corrected chi connectivity index (χ3v) is 2.91. The number of aldehydes is 1. The lowest BCUT2D eigenvalue weighted by atomic mass is 9.94. The summed E-state index contributed by atoms with van der Waals surface area (Å²) in [7, 11) is 0. The number of rotatable bonds is 3. The van der Waals surface area contributed by atoms with Crippen molar-refractivity contribution in [2.24, 2.45) is 5.92 Å².